The summed E-state index contributed by atoms with van der Waals surface area (Å²) in [6.07, 6.45) is 0. The molecule has 0 unspecified atom stereocenters. The Hall–Kier alpha value is -1.68. The summed E-state index contributed by atoms with van der Waals surface area (Å²) in [5, 5.41) is 6.87. The Kier molecular flexibility index (Phi) is 2.78. The van der Waals surface area contributed by atoms with Gasteiger partial charge in [-0.1, -0.05) is 17.3 Å². The van der Waals surface area contributed by atoms with Crippen LogP contribution in [0.1, 0.15) is 11.4 Å². The van der Waals surface area contributed by atoms with Crippen LogP contribution in [0.25, 0.3) is 11.5 Å². The van der Waals surface area contributed by atoms with Crippen LogP contribution in [0, 0.1) is 6.92 Å². The van der Waals surface area contributed by atoms with Crippen LogP contribution in [0.4, 0.5) is 0 Å². The second-order valence-corrected chi connectivity index (χ2v) is 3.38. The topological polar surface area (TPSA) is 51.0 Å². The van der Waals surface area contributed by atoms with Gasteiger partial charge in [-0.3, -0.25) is 0 Å². The van der Waals surface area contributed by atoms with Crippen molar-refractivity contribution in [2.75, 3.05) is 7.05 Å². The Labute approximate surface area is 88.3 Å². The van der Waals surface area contributed by atoms with E-state index in [1.54, 1.807) is 0 Å². The fraction of sp³-hybridized carbons (Fsp3) is 0.273. The molecule has 1 aromatic heterocycles. The first-order valence-electron chi connectivity index (χ1n) is 4.84. The first-order valence-corrected chi connectivity index (χ1v) is 4.84. The smallest absolute Gasteiger partial charge is 0.257 e. The second kappa shape index (κ2) is 4.23. The maximum Gasteiger partial charge on any atom is 0.257 e. The Bertz CT molecular complexity index is 451. The maximum atomic E-state index is 5.10. The van der Waals surface area contributed by atoms with Crippen molar-refractivity contribution in [3.8, 4) is 11.5 Å². The van der Waals surface area contributed by atoms with Crippen LogP contribution in [-0.4, -0.2) is 17.2 Å². The predicted octanol–water partition coefficient (Wildman–Crippen LogP) is 1.76. The van der Waals surface area contributed by atoms with Gasteiger partial charge in [-0.25, -0.2) is 0 Å². The number of aromatic nitrogens is 2. The number of benzene rings is 1. The summed E-state index contributed by atoms with van der Waals surface area (Å²) in [6.45, 7) is 2.64. The molecular weight excluding hydrogens is 190 g/mol. The molecule has 1 aromatic carbocycles. The summed E-state index contributed by atoms with van der Waals surface area (Å²) in [7, 11) is 1.92. The Morgan fingerprint density at radius 2 is 2.27 bits per heavy atom. The molecule has 0 spiro atoms. The number of hydrogen-bond donors (Lipinski definition) is 1. The fourth-order valence-electron chi connectivity index (χ4n) is 1.43. The van der Waals surface area contributed by atoms with E-state index >= 15 is 0 Å². The Balaban J connectivity index is 2.32. The van der Waals surface area contributed by atoms with E-state index in [1.807, 2.05) is 32.2 Å². The van der Waals surface area contributed by atoms with E-state index in [9.17, 15) is 0 Å². The van der Waals surface area contributed by atoms with Crippen LogP contribution in [0.5, 0.6) is 0 Å². The molecule has 0 atom stereocenters. The maximum absolute atomic E-state index is 5.10. The van der Waals surface area contributed by atoms with Crippen molar-refractivity contribution in [3.63, 3.8) is 0 Å². The molecule has 1 heterocycles. The van der Waals surface area contributed by atoms with E-state index in [0.29, 0.717) is 11.7 Å². The average molecular weight is 203 g/mol. The highest BCUT2D eigenvalue weighted by molar-refractivity contribution is 5.53. The van der Waals surface area contributed by atoms with Crippen molar-refractivity contribution < 1.29 is 4.52 Å². The van der Waals surface area contributed by atoms with Crippen LogP contribution >= 0.6 is 0 Å². The molecule has 0 fully saturated rings. The highest BCUT2D eigenvalue weighted by atomic mass is 16.5. The van der Waals surface area contributed by atoms with Crippen LogP contribution in [0.2, 0.25) is 0 Å². The standard InChI is InChI=1S/C11H13N3O/c1-8-13-11(15-14-8)10-5-3-4-9(6-10)7-12-2/h3-6,12H,7H2,1-2H3. The zero-order valence-corrected chi connectivity index (χ0v) is 8.82. The number of hydrogen-bond acceptors (Lipinski definition) is 4. The highest BCUT2D eigenvalue weighted by Crippen LogP contribution is 2.18. The first-order chi connectivity index (χ1) is 7.29. The molecule has 4 heteroatoms. The number of nitrogens with one attached hydrogen (secondary N) is 1. The normalized spacial score (nSPS) is 10.5. The molecule has 0 radical (unpaired) electrons. The van der Waals surface area contributed by atoms with Crippen molar-refractivity contribution in [2.45, 2.75) is 13.5 Å². The van der Waals surface area contributed by atoms with Gasteiger partial charge in [0.1, 0.15) is 0 Å². The van der Waals surface area contributed by atoms with Gasteiger partial charge in [-0.2, -0.15) is 4.98 Å². The second-order valence-electron chi connectivity index (χ2n) is 3.38. The van der Waals surface area contributed by atoms with Crippen LogP contribution in [-0.2, 0) is 6.54 Å². The lowest BCUT2D eigenvalue weighted by atomic mass is 10.1. The van der Waals surface area contributed by atoms with Crippen molar-refractivity contribution >= 4 is 0 Å². The molecule has 0 aliphatic heterocycles. The third-order valence-corrected chi connectivity index (χ3v) is 2.08. The van der Waals surface area contributed by atoms with Gasteiger partial charge in [0.05, 0.1) is 0 Å². The summed E-state index contributed by atoms with van der Waals surface area (Å²) in [5.74, 6) is 1.23. The minimum Gasteiger partial charge on any atom is -0.334 e. The molecule has 0 amide bonds. The van der Waals surface area contributed by atoms with Crippen molar-refractivity contribution in [2.24, 2.45) is 0 Å². The molecule has 0 aliphatic carbocycles. The monoisotopic (exact) mass is 203 g/mol. The molecule has 78 valence electrons. The Morgan fingerprint density at radius 3 is 2.93 bits per heavy atom. The van der Waals surface area contributed by atoms with E-state index in [4.69, 9.17) is 4.52 Å². The van der Waals surface area contributed by atoms with Gasteiger partial charge in [0.15, 0.2) is 5.82 Å². The van der Waals surface area contributed by atoms with Gasteiger partial charge < -0.3 is 9.84 Å². The molecule has 4 nitrogen and oxygen atoms in total. The van der Waals surface area contributed by atoms with E-state index in [0.717, 1.165) is 12.1 Å². The number of rotatable bonds is 3. The van der Waals surface area contributed by atoms with Gasteiger partial charge in [0.25, 0.3) is 5.89 Å². The molecule has 0 saturated heterocycles. The summed E-state index contributed by atoms with van der Waals surface area (Å²) < 4.78 is 5.10. The lowest BCUT2D eigenvalue weighted by Crippen LogP contribution is -2.04. The van der Waals surface area contributed by atoms with E-state index in [-0.39, 0.29) is 0 Å². The highest BCUT2D eigenvalue weighted by Gasteiger charge is 2.05. The molecule has 15 heavy (non-hydrogen) atoms. The number of aryl methyl sites for hydroxylation is 1. The molecule has 0 aliphatic rings. The molecule has 2 aromatic rings. The Morgan fingerprint density at radius 1 is 1.40 bits per heavy atom. The van der Waals surface area contributed by atoms with E-state index < -0.39 is 0 Å². The minimum absolute atomic E-state index is 0.574. The summed E-state index contributed by atoms with van der Waals surface area (Å²) in [4.78, 5) is 4.18. The lowest BCUT2D eigenvalue weighted by Gasteiger charge is -2.00. The molecule has 0 saturated carbocycles. The zero-order chi connectivity index (χ0) is 10.7. The lowest BCUT2D eigenvalue weighted by molar-refractivity contribution is 0.425. The van der Waals surface area contributed by atoms with Crippen molar-refractivity contribution in [3.05, 3.63) is 35.7 Å². The summed E-state index contributed by atoms with van der Waals surface area (Å²) in [6, 6.07) is 8.06. The van der Waals surface area contributed by atoms with Crippen molar-refractivity contribution in [1.29, 1.82) is 0 Å². The fourth-order valence-corrected chi connectivity index (χ4v) is 1.43. The molecule has 1 N–H and O–H groups in total. The van der Waals surface area contributed by atoms with Gasteiger partial charge in [0, 0.05) is 12.1 Å². The van der Waals surface area contributed by atoms with Gasteiger partial charge in [0.2, 0.25) is 0 Å². The van der Waals surface area contributed by atoms with Gasteiger partial charge in [-0.15, -0.1) is 0 Å². The quantitative estimate of drug-likeness (QED) is 0.825. The minimum atomic E-state index is 0.574. The average Bonchev–Trinajstić information content (AvgIpc) is 2.66. The van der Waals surface area contributed by atoms with E-state index in [1.165, 1.54) is 5.56 Å². The zero-order valence-electron chi connectivity index (χ0n) is 8.82. The van der Waals surface area contributed by atoms with E-state index in [2.05, 4.69) is 21.5 Å². The first kappa shape index (κ1) is 9.86. The van der Waals surface area contributed by atoms with Crippen LogP contribution in [0.3, 0.4) is 0 Å². The molecule has 0 bridgehead atoms. The van der Waals surface area contributed by atoms with Crippen molar-refractivity contribution in [1.82, 2.24) is 15.5 Å². The number of nitrogens with zero attached hydrogens (tertiary/aromatic N) is 2. The van der Waals surface area contributed by atoms with Crippen LogP contribution in [0.15, 0.2) is 28.8 Å². The van der Waals surface area contributed by atoms with Gasteiger partial charge in [-0.05, 0) is 31.7 Å². The summed E-state index contributed by atoms with van der Waals surface area (Å²) >= 11 is 0. The molecule has 2 rings (SSSR count). The largest absolute Gasteiger partial charge is 0.334 e. The van der Waals surface area contributed by atoms with Crippen LogP contribution < -0.4 is 5.32 Å². The predicted molar refractivity (Wildman–Crippen MR) is 57.2 cm³/mol. The third-order valence-electron chi connectivity index (χ3n) is 2.08. The van der Waals surface area contributed by atoms with Gasteiger partial charge >= 0.3 is 0 Å². The molecular formula is C11H13N3O. The summed E-state index contributed by atoms with van der Waals surface area (Å²) in [5.41, 5.74) is 2.16. The third kappa shape index (κ3) is 2.22. The SMILES string of the molecule is CNCc1cccc(-c2nc(C)no2)c1.